The second kappa shape index (κ2) is 6.65. The maximum absolute atomic E-state index is 5.35. The highest BCUT2D eigenvalue weighted by molar-refractivity contribution is 6.02. The number of hydrogen-bond donors (Lipinski definition) is 2. The van der Waals surface area contributed by atoms with Crippen molar-refractivity contribution in [1.29, 1.82) is 0 Å². The van der Waals surface area contributed by atoms with Gasteiger partial charge in [-0.25, -0.2) is 4.98 Å². The van der Waals surface area contributed by atoms with Crippen molar-refractivity contribution >= 4 is 16.7 Å². The zero-order valence-electron chi connectivity index (χ0n) is 13.9. The van der Waals surface area contributed by atoms with E-state index in [9.17, 15) is 0 Å². The normalized spacial score (nSPS) is 10.8. The second-order valence-electron chi connectivity index (χ2n) is 5.73. The molecule has 0 fully saturated rings. The molecule has 4 aromatic rings. The summed E-state index contributed by atoms with van der Waals surface area (Å²) in [5.74, 6) is 1.68. The fourth-order valence-corrected chi connectivity index (χ4v) is 2.92. The molecule has 0 aliphatic heterocycles. The predicted octanol–water partition coefficient (Wildman–Crippen LogP) is 4.25. The van der Waals surface area contributed by atoms with Crippen LogP contribution in [0.2, 0.25) is 0 Å². The number of H-pyrrole nitrogens is 1. The molecular weight excluding hydrogens is 312 g/mol. The fraction of sp³-hybridized carbons (Fsp3) is 0.100. The first-order valence-corrected chi connectivity index (χ1v) is 8.08. The summed E-state index contributed by atoms with van der Waals surface area (Å²) in [6.45, 7) is 0.669. The van der Waals surface area contributed by atoms with E-state index < -0.39 is 0 Å². The third-order valence-electron chi connectivity index (χ3n) is 4.16. The average molecular weight is 330 g/mol. The number of rotatable bonds is 5. The first-order chi connectivity index (χ1) is 12.3. The molecule has 5 heteroatoms. The van der Waals surface area contributed by atoms with E-state index in [2.05, 4.69) is 26.3 Å². The van der Waals surface area contributed by atoms with Gasteiger partial charge in [-0.15, -0.1) is 0 Å². The van der Waals surface area contributed by atoms with Crippen LogP contribution in [-0.4, -0.2) is 22.1 Å². The van der Waals surface area contributed by atoms with Crippen LogP contribution in [-0.2, 0) is 6.54 Å². The van der Waals surface area contributed by atoms with E-state index in [0.29, 0.717) is 6.54 Å². The number of nitrogens with zero attached hydrogens (tertiary/aromatic N) is 2. The Kier molecular flexibility index (Phi) is 4.04. The minimum atomic E-state index is 0.669. The summed E-state index contributed by atoms with van der Waals surface area (Å²) in [6.07, 6.45) is 7.44. The monoisotopic (exact) mass is 330 g/mol. The van der Waals surface area contributed by atoms with Crippen LogP contribution < -0.4 is 10.1 Å². The minimum absolute atomic E-state index is 0.669. The molecule has 0 saturated heterocycles. The smallest absolute Gasteiger partial charge is 0.136 e. The van der Waals surface area contributed by atoms with Gasteiger partial charge in [0, 0.05) is 42.3 Å². The van der Waals surface area contributed by atoms with Crippen molar-refractivity contribution in [3.8, 4) is 16.9 Å². The van der Waals surface area contributed by atoms with Crippen LogP contribution in [0.5, 0.6) is 5.75 Å². The topological polar surface area (TPSA) is 62.8 Å². The minimum Gasteiger partial charge on any atom is -0.497 e. The van der Waals surface area contributed by atoms with Crippen molar-refractivity contribution in [2.45, 2.75) is 6.54 Å². The number of pyridine rings is 2. The SMILES string of the molecule is COc1cccc(-c2c[nH]c3ccnc(NCc4cccnc4)c23)c1. The van der Waals surface area contributed by atoms with E-state index in [-0.39, 0.29) is 0 Å². The molecule has 0 radical (unpaired) electrons. The van der Waals surface area contributed by atoms with Crippen LogP contribution in [0.4, 0.5) is 5.82 Å². The molecule has 4 rings (SSSR count). The highest BCUT2D eigenvalue weighted by Crippen LogP contribution is 2.34. The summed E-state index contributed by atoms with van der Waals surface area (Å²) in [5.41, 5.74) is 4.33. The first-order valence-electron chi connectivity index (χ1n) is 8.08. The van der Waals surface area contributed by atoms with Gasteiger partial charge in [0.05, 0.1) is 12.6 Å². The predicted molar refractivity (Wildman–Crippen MR) is 99.6 cm³/mol. The summed E-state index contributed by atoms with van der Waals surface area (Å²) in [6, 6.07) is 14.0. The third kappa shape index (κ3) is 3.04. The van der Waals surface area contributed by atoms with Crippen LogP contribution in [0.25, 0.3) is 22.0 Å². The van der Waals surface area contributed by atoms with Gasteiger partial charge in [-0.3, -0.25) is 4.98 Å². The molecular formula is C20H18N4O. The maximum Gasteiger partial charge on any atom is 0.136 e. The summed E-state index contributed by atoms with van der Waals surface area (Å²) >= 11 is 0. The molecule has 0 spiro atoms. The van der Waals surface area contributed by atoms with E-state index in [1.807, 2.05) is 48.8 Å². The van der Waals surface area contributed by atoms with Gasteiger partial charge in [0.25, 0.3) is 0 Å². The fourth-order valence-electron chi connectivity index (χ4n) is 2.92. The van der Waals surface area contributed by atoms with Crippen LogP contribution >= 0.6 is 0 Å². The Morgan fingerprint density at radius 2 is 2.08 bits per heavy atom. The van der Waals surface area contributed by atoms with Crippen LogP contribution in [0, 0.1) is 0 Å². The zero-order chi connectivity index (χ0) is 17.1. The van der Waals surface area contributed by atoms with Gasteiger partial charge in [-0.05, 0) is 35.4 Å². The molecule has 5 nitrogen and oxygen atoms in total. The summed E-state index contributed by atoms with van der Waals surface area (Å²) < 4.78 is 5.35. The standard InChI is InChI=1S/C20H18N4O/c1-25-16-6-2-5-15(10-16)17-13-23-18-7-9-22-20(19(17)18)24-12-14-4-3-8-21-11-14/h2-11,13,23H,12H2,1H3,(H,22,24). The van der Waals surface area contributed by atoms with Gasteiger partial charge in [-0.2, -0.15) is 0 Å². The third-order valence-corrected chi connectivity index (χ3v) is 4.16. The van der Waals surface area contributed by atoms with E-state index >= 15 is 0 Å². The summed E-state index contributed by atoms with van der Waals surface area (Å²) in [5, 5.41) is 4.50. The van der Waals surface area contributed by atoms with Crippen molar-refractivity contribution in [2.24, 2.45) is 0 Å². The van der Waals surface area contributed by atoms with Gasteiger partial charge in [-0.1, -0.05) is 18.2 Å². The average Bonchev–Trinajstić information content (AvgIpc) is 3.12. The lowest BCUT2D eigenvalue weighted by atomic mass is 10.0. The number of hydrogen-bond acceptors (Lipinski definition) is 4. The second-order valence-corrected chi connectivity index (χ2v) is 5.73. The molecule has 2 N–H and O–H groups in total. The molecule has 0 amide bonds. The first kappa shape index (κ1) is 15.2. The van der Waals surface area contributed by atoms with Gasteiger partial charge >= 0.3 is 0 Å². The Morgan fingerprint density at radius 3 is 2.92 bits per heavy atom. The molecule has 124 valence electrons. The highest BCUT2D eigenvalue weighted by Gasteiger charge is 2.12. The van der Waals surface area contributed by atoms with Crippen molar-refractivity contribution in [3.05, 3.63) is 72.8 Å². The molecule has 3 heterocycles. The Hall–Kier alpha value is -3.34. The lowest BCUT2D eigenvalue weighted by Crippen LogP contribution is -2.02. The quantitative estimate of drug-likeness (QED) is 0.574. The van der Waals surface area contributed by atoms with Gasteiger partial charge < -0.3 is 15.0 Å². The number of fused-ring (bicyclic) bond motifs is 1. The molecule has 0 unspecified atom stereocenters. The number of aromatic amines is 1. The highest BCUT2D eigenvalue weighted by atomic mass is 16.5. The number of aromatic nitrogens is 3. The van der Waals surface area contributed by atoms with Crippen molar-refractivity contribution in [3.63, 3.8) is 0 Å². The lowest BCUT2D eigenvalue weighted by molar-refractivity contribution is 0.415. The Balaban J connectivity index is 1.74. The summed E-state index contributed by atoms with van der Waals surface area (Å²) in [4.78, 5) is 12.0. The molecule has 0 aliphatic rings. The molecule has 25 heavy (non-hydrogen) atoms. The van der Waals surface area contributed by atoms with Crippen molar-refractivity contribution < 1.29 is 4.74 Å². The van der Waals surface area contributed by atoms with Gasteiger partial charge in [0.2, 0.25) is 0 Å². The molecule has 3 aromatic heterocycles. The summed E-state index contributed by atoms with van der Waals surface area (Å²) in [7, 11) is 1.68. The molecule has 0 atom stereocenters. The van der Waals surface area contributed by atoms with Crippen LogP contribution in [0.1, 0.15) is 5.56 Å². The van der Waals surface area contributed by atoms with E-state index in [0.717, 1.165) is 39.2 Å². The van der Waals surface area contributed by atoms with E-state index in [1.54, 1.807) is 19.5 Å². The molecule has 1 aromatic carbocycles. The van der Waals surface area contributed by atoms with Crippen LogP contribution in [0.15, 0.2) is 67.3 Å². The Labute approximate surface area is 145 Å². The number of benzene rings is 1. The zero-order valence-corrected chi connectivity index (χ0v) is 13.9. The lowest BCUT2D eigenvalue weighted by Gasteiger charge is -2.09. The van der Waals surface area contributed by atoms with E-state index in [1.165, 1.54) is 0 Å². The largest absolute Gasteiger partial charge is 0.497 e. The van der Waals surface area contributed by atoms with Crippen molar-refractivity contribution in [2.75, 3.05) is 12.4 Å². The molecule has 0 saturated carbocycles. The van der Waals surface area contributed by atoms with Crippen molar-refractivity contribution in [1.82, 2.24) is 15.0 Å². The molecule has 0 aliphatic carbocycles. The van der Waals surface area contributed by atoms with Gasteiger partial charge in [0.15, 0.2) is 0 Å². The Bertz CT molecular complexity index is 995. The number of anilines is 1. The number of ether oxygens (including phenoxy) is 1. The maximum atomic E-state index is 5.35. The number of nitrogens with one attached hydrogen (secondary N) is 2. The molecule has 0 bridgehead atoms. The van der Waals surface area contributed by atoms with E-state index in [4.69, 9.17) is 4.74 Å². The van der Waals surface area contributed by atoms with Gasteiger partial charge in [0.1, 0.15) is 11.6 Å². The Morgan fingerprint density at radius 1 is 1.12 bits per heavy atom. The van der Waals surface area contributed by atoms with Crippen LogP contribution in [0.3, 0.4) is 0 Å². The number of methoxy groups -OCH3 is 1.